The highest BCUT2D eigenvalue weighted by molar-refractivity contribution is 5.94. The fourth-order valence-electron chi connectivity index (χ4n) is 3.14. The minimum Gasteiger partial charge on any atom is -0.352 e. The van der Waals surface area contributed by atoms with E-state index < -0.39 is 11.7 Å². The molecule has 0 spiro atoms. The number of hydrogen-bond acceptors (Lipinski definition) is 2. The van der Waals surface area contributed by atoms with Gasteiger partial charge in [-0.05, 0) is 48.2 Å². The Balaban J connectivity index is 1.47. The molecule has 1 aliphatic rings. The van der Waals surface area contributed by atoms with Crippen LogP contribution >= 0.6 is 0 Å². The molecular weight excluding hydrogens is 369 g/mol. The monoisotopic (exact) mass is 390 g/mol. The maximum absolute atomic E-state index is 12.5. The lowest BCUT2D eigenvalue weighted by Gasteiger charge is -2.15. The minimum atomic E-state index is -4.35. The van der Waals surface area contributed by atoms with E-state index in [4.69, 9.17) is 0 Å². The number of alkyl halides is 3. The fraction of sp³-hybridized carbons (Fsp3) is 0.333. The van der Waals surface area contributed by atoms with Crippen molar-refractivity contribution in [2.24, 2.45) is 0 Å². The van der Waals surface area contributed by atoms with Crippen LogP contribution in [0.3, 0.4) is 0 Å². The molecular formula is C21H21F3N2O2. The third kappa shape index (κ3) is 5.12. The summed E-state index contributed by atoms with van der Waals surface area (Å²) in [6.45, 7) is 1.65. The van der Waals surface area contributed by atoms with E-state index in [2.05, 4.69) is 5.32 Å². The van der Waals surface area contributed by atoms with Gasteiger partial charge in [0.05, 0.1) is 5.56 Å². The summed E-state index contributed by atoms with van der Waals surface area (Å²) < 4.78 is 37.6. The summed E-state index contributed by atoms with van der Waals surface area (Å²) in [6, 6.07) is 12.0. The molecule has 28 heavy (non-hydrogen) atoms. The Morgan fingerprint density at radius 3 is 2.21 bits per heavy atom. The first kappa shape index (κ1) is 19.9. The first-order valence-electron chi connectivity index (χ1n) is 9.14. The molecule has 2 aromatic rings. The van der Waals surface area contributed by atoms with Crippen molar-refractivity contribution < 1.29 is 22.8 Å². The van der Waals surface area contributed by atoms with Crippen LogP contribution in [-0.2, 0) is 23.9 Å². The second-order valence-electron chi connectivity index (χ2n) is 6.82. The van der Waals surface area contributed by atoms with Gasteiger partial charge < -0.3 is 10.2 Å². The highest BCUT2D eigenvalue weighted by Crippen LogP contribution is 2.29. The Bertz CT molecular complexity index is 830. The van der Waals surface area contributed by atoms with Gasteiger partial charge in [0, 0.05) is 31.6 Å². The lowest BCUT2D eigenvalue weighted by atomic mass is 10.1. The molecule has 2 amide bonds. The molecule has 7 heteroatoms. The molecule has 1 N–H and O–H groups in total. The first-order valence-corrected chi connectivity index (χ1v) is 9.14. The number of nitrogens with one attached hydrogen (secondary N) is 1. The van der Waals surface area contributed by atoms with Crippen LogP contribution < -0.4 is 5.32 Å². The number of rotatable bonds is 6. The first-order chi connectivity index (χ1) is 13.3. The number of carbonyl (C=O) groups is 2. The van der Waals surface area contributed by atoms with Gasteiger partial charge >= 0.3 is 6.18 Å². The quantitative estimate of drug-likeness (QED) is 0.816. The molecule has 1 aliphatic heterocycles. The van der Waals surface area contributed by atoms with Gasteiger partial charge in [-0.2, -0.15) is 13.2 Å². The molecule has 148 valence electrons. The summed E-state index contributed by atoms with van der Waals surface area (Å²) in [5.74, 6) is -0.0826. The van der Waals surface area contributed by atoms with Gasteiger partial charge in [-0.15, -0.1) is 0 Å². The fourth-order valence-corrected chi connectivity index (χ4v) is 3.14. The average Bonchev–Trinajstić information content (AvgIpc) is 3.06. The van der Waals surface area contributed by atoms with Crippen LogP contribution in [0, 0.1) is 0 Å². The van der Waals surface area contributed by atoms with Gasteiger partial charge in [-0.3, -0.25) is 9.59 Å². The summed E-state index contributed by atoms with van der Waals surface area (Å²) in [4.78, 5) is 25.7. The zero-order valence-electron chi connectivity index (χ0n) is 15.3. The smallest absolute Gasteiger partial charge is 0.352 e. The van der Waals surface area contributed by atoms with Gasteiger partial charge in [-0.1, -0.05) is 24.3 Å². The van der Waals surface area contributed by atoms with Crippen molar-refractivity contribution in [3.63, 3.8) is 0 Å². The van der Waals surface area contributed by atoms with Gasteiger partial charge in [0.25, 0.3) is 5.91 Å². The van der Waals surface area contributed by atoms with E-state index in [1.54, 1.807) is 17.0 Å². The molecule has 1 saturated heterocycles. The van der Waals surface area contributed by atoms with E-state index in [9.17, 15) is 22.8 Å². The SMILES string of the molecule is O=C(NCCc1ccc(C(F)(F)F)cc1)c1ccc(CN2CCCC2=O)cc1. The van der Waals surface area contributed by atoms with E-state index >= 15 is 0 Å². The second kappa shape index (κ2) is 8.46. The summed E-state index contributed by atoms with van der Waals surface area (Å²) in [5, 5.41) is 2.77. The second-order valence-corrected chi connectivity index (χ2v) is 6.82. The Hall–Kier alpha value is -2.83. The van der Waals surface area contributed by atoms with Crippen molar-refractivity contribution in [2.45, 2.75) is 32.0 Å². The summed E-state index contributed by atoms with van der Waals surface area (Å²) in [6.07, 6.45) is -2.42. The van der Waals surface area contributed by atoms with Crippen LogP contribution in [-0.4, -0.2) is 29.8 Å². The molecule has 0 radical (unpaired) electrons. The van der Waals surface area contributed by atoms with Crippen molar-refractivity contribution in [3.05, 3.63) is 70.8 Å². The van der Waals surface area contributed by atoms with Gasteiger partial charge in [0.15, 0.2) is 0 Å². The predicted octanol–water partition coefficient (Wildman–Crippen LogP) is 3.80. The number of hydrogen-bond donors (Lipinski definition) is 1. The Labute approximate surface area is 161 Å². The molecule has 1 fully saturated rings. The van der Waals surface area contributed by atoms with Crippen molar-refractivity contribution in [1.82, 2.24) is 10.2 Å². The van der Waals surface area contributed by atoms with Crippen LogP contribution in [0.1, 0.15) is 39.9 Å². The minimum absolute atomic E-state index is 0.157. The molecule has 0 saturated carbocycles. The van der Waals surface area contributed by atoms with Crippen molar-refractivity contribution in [3.8, 4) is 0 Å². The van der Waals surface area contributed by atoms with Gasteiger partial charge in [-0.25, -0.2) is 0 Å². The Morgan fingerprint density at radius 2 is 1.64 bits per heavy atom. The van der Waals surface area contributed by atoms with E-state index in [0.29, 0.717) is 31.5 Å². The molecule has 2 aromatic carbocycles. The van der Waals surface area contributed by atoms with E-state index in [0.717, 1.165) is 36.2 Å². The molecule has 0 aromatic heterocycles. The lowest BCUT2D eigenvalue weighted by molar-refractivity contribution is -0.137. The third-order valence-electron chi connectivity index (χ3n) is 4.74. The Kier molecular flexibility index (Phi) is 6.02. The van der Waals surface area contributed by atoms with Crippen molar-refractivity contribution in [1.29, 1.82) is 0 Å². The van der Waals surface area contributed by atoms with E-state index in [1.807, 2.05) is 12.1 Å². The van der Waals surface area contributed by atoms with Crippen LogP contribution in [0.2, 0.25) is 0 Å². The predicted molar refractivity (Wildman–Crippen MR) is 98.6 cm³/mol. The molecule has 0 atom stereocenters. The maximum Gasteiger partial charge on any atom is 0.416 e. The average molecular weight is 390 g/mol. The Morgan fingerprint density at radius 1 is 1.00 bits per heavy atom. The van der Waals surface area contributed by atoms with Crippen LogP contribution in [0.5, 0.6) is 0 Å². The summed E-state index contributed by atoms with van der Waals surface area (Å²) in [5.41, 5.74) is 1.51. The summed E-state index contributed by atoms with van der Waals surface area (Å²) in [7, 11) is 0. The topological polar surface area (TPSA) is 49.4 Å². The molecule has 4 nitrogen and oxygen atoms in total. The van der Waals surface area contributed by atoms with Crippen LogP contribution in [0.4, 0.5) is 13.2 Å². The highest BCUT2D eigenvalue weighted by Gasteiger charge is 2.29. The molecule has 0 unspecified atom stereocenters. The lowest BCUT2D eigenvalue weighted by Crippen LogP contribution is -2.26. The van der Waals surface area contributed by atoms with E-state index in [1.165, 1.54) is 12.1 Å². The molecule has 1 heterocycles. The number of nitrogens with zero attached hydrogens (tertiary/aromatic N) is 1. The van der Waals surface area contributed by atoms with E-state index in [-0.39, 0.29) is 11.8 Å². The van der Waals surface area contributed by atoms with Gasteiger partial charge in [0.2, 0.25) is 5.91 Å². The number of benzene rings is 2. The molecule has 0 bridgehead atoms. The highest BCUT2D eigenvalue weighted by atomic mass is 19.4. The standard InChI is InChI=1S/C21H21F3N2O2/c22-21(23,24)18-9-5-15(6-10-18)11-12-25-20(28)17-7-3-16(4-8-17)14-26-13-1-2-19(26)27/h3-10H,1-2,11-14H2,(H,25,28). The zero-order chi connectivity index (χ0) is 20.1. The molecule has 3 rings (SSSR count). The summed E-state index contributed by atoms with van der Waals surface area (Å²) >= 11 is 0. The van der Waals surface area contributed by atoms with Crippen LogP contribution in [0.25, 0.3) is 0 Å². The van der Waals surface area contributed by atoms with Crippen molar-refractivity contribution in [2.75, 3.05) is 13.1 Å². The zero-order valence-corrected chi connectivity index (χ0v) is 15.3. The maximum atomic E-state index is 12.5. The number of amides is 2. The van der Waals surface area contributed by atoms with Crippen molar-refractivity contribution >= 4 is 11.8 Å². The largest absolute Gasteiger partial charge is 0.416 e. The number of carbonyl (C=O) groups excluding carboxylic acids is 2. The third-order valence-corrected chi connectivity index (χ3v) is 4.74. The van der Waals surface area contributed by atoms with Crippen LogP contribution in [0.15, 0.2) is 48.5 Å². The molecule has 0 aliphatic carbocycles. The normalized spacial score (nSPS) is 14.4. The van der Waals surface area contributed by atoms with Gasteiger partial charge in [0.1, 0.15) is 0 Å². The number of halogens is 3. The number of likely N-dealkylation sites (tertiary alicyclic amines) is 1.